The first-order valence-electron chi connectivity index (χ1n) is 9.29. The van der Waals surface area contributed by atoms with Crippen molar-refractivity contribution in [3.63, 3.8) is 0 Å². The van der Waals surface area contributed by atoms with Crippen LogP contribution in [-0.4, -0.2) is 43.0 Å². The Kier molecular flexibility index (Phi) is 4.23. The van der Waals surface area contributed by atoms with E-state index in [2.05, 4.69) is 47.2 Å². The number of rotatable bonds is 3. The molecule has 0 amide bonds. The average Bonchev–Trinajstić information content (AvgIpc) is 3.04. The van der Waals surface area contributed by atoms with E-state index in [-0.39, 0.29) is 0 Å². The van der Waals surface area contributed by atoms with E-state index in [4.69, 9.17) is 0 Å². The van der Waals surface area contributed by atoms with E-state index in [1.54, 1.807) is 0 Å². The van der Waals surface area contributed by atoms with Gasteiger partial charge < -0.3 is 4.90 Å². The molecule has 4 rings (SSSR count). The minimum atomic E-state index is 0.641. The van der Waals surface area contributed by atoms with Gasteiger partial charge in [0.05, 0.1) is 0 Å². The van der Waals surface area contributed by atoms with Gasteiger partial charge in [0.1, 0.15) is 0 Å². The summed E-state index contributed by atoms with van der Waals surface area (Å²) in [6, 6.07) is 11.8. The van der Waals surface area contributed by atoms with Crippen LogP contribution < -0.4 is 0 Å². The lowest BCUT2D eigenvalue weighted by molar-refractivity contribution is 0.192. The Balaban J connectivity index is 1.42. The van der Waals surface area contributed by atoms with Gasteiger partial charge in [-0.25, -0.2) is 0 Å². The van der Waals surface area contributed by atoms with Gasteiger partial charge in [0.15, 0.2) is 0 Å². The summed E-state index contributed by atoms with van der Waals surface area (Å²) in [7, 11) is 2.32. The van der Waals surface area contributed by atoms with Crippen molar-refractivity contribution in [3.8, 4) is 0 Å². The second-order valence-corrected chi connectivity index (χ2v) is 7.94. The third-order valence-corrected chi connectivity index (χ3v) is 6.35. The highest BCUT2D eigenvalue weighted by Crippen LogP contribution is 2.44. The fourth-order valence-electron chi connectivity index (χ4n) is 5.39. The molecule has 1 aromatic rings. The highest BCUT2D eigenvalue weighted by Gasteiger charge is 2.46. The van der Waals surface area contributed by atoms with Crippen LogP contribution in [0.15, 0.2) is 30.3 Å². The van der Waals surface area contributed by atoms with Crippen LogP contribution in [0.3, 0.4) is 0 Å². The Hall–Kier alpha value is -0.860. The minimum absolute atomic E-state index is 0.641. The number of hydrogen-bond acceptors (Lipinski definition) is 2. The first kappa shape index (κ1) is 14.7. The summed E-state index contributed by atoms with van der Waals surface area (Å²) in [4.78, 5) is 5.40. The van der Waals surface area contributed by atoms with E-state index < -0.39 is 0 Å². The molecular weight excluding hydrogens is 268 g/mol. The van der Waals surface area contributed by atoms with Crippen LogP contribution >= 0.6 is 0 Å². The average molecular weight is 298 g/mol. The zero-order valence-electron chi connectivity index (χ0n) is 14.0. The SMILES string of the molecule is CN1C[C@H]2CN(CC3CCCCC3)C[C@H]2[C@@H]1c1ccccc1. The maximum Gasteiger partial charge on any atom is 0.0389 e. The van der Waals surface area contributed by atoms with Gasteiger partial charge in [-0.2, -0.15) is 0 Å². The standard InChI is InChI=1S/C20H30N2/c1-21-13-18-14-22(12-16-8-4-2-5-9-16)15-19(18)20(21)17-10-6-3-7-11-17/h3,6-7,10-11,16,18-20H,2,4-5,8-9,12-15H2,1H3/t18-,19+,20-/m0/s1. The number of hydrogen-bond donors (Lipinski definition) is 0. The zero-order chi connectivity index (χ0) is 14.9. The highest BCUT2D eigenvalue weighted by molar-refractivity contribution is 5.22. The summed E-state index contributed by atoms with van der Waals surface area (Å²) in [6.07, 6.45) is 7.38. The lowest BCUT2D eigenvalue weighted by Crippen LogP contribution is -2.33. The molecule has 2 aliphatic heterocycles. The van der Waals surface area contributed by atoms with Gasteiger partial charge in [-0.1, -0.05) is 49.6 Å². The molecule has 0 radical (unpaired) electrons. The lowest BCUT2D eigenvalue weighted by Gasteiger charge is -2.30. The molecule has 0 N–H and O–H groups in total. The number of likely N-dealkylation sites (tertiary alicyclic amines) is 2. The van der Waals surface area contributed by atoms with Gasteiger partial charge in [0.2, 0.25) is 0 Å². The lowest BCUT2D eigenvalue weighted by atomic mass is 9.89. The number of benzene rings is 1. The number of nitrogens with zero attached hydrogens (tertiary/aromatic N) is 2. The molecule has 120 valence electrons. The molecule has 3 atom stereocenters. The molecular formula is C20H30N2. The second kappa shape index (κ2) is 6.33. The van der Waals surface area contributed by atoms with Gasteiger partial charge in [-0.3, -0.25) is 4.90 Å². The molecule has 1 aromatic carbocycles. The number of fused-ring (bicyclic) bond motifs is 1. The molecule has 3 fully saturated rings. The summed E-state index contributed by atoms with van der Waals surface area (Å²) < 4.78 is 0. The van der Waals surface area contributed by atoms with Crippen molar-refractivity contribution in [1.82, 2.24) is 9.80 Å². The smallest absolute Gasteiger partial charge is 0.0389 e. The predicted molar refractivity (Wildman–Crippen MR) is 91.8 cm³/mol. The topological polar surface area (TPSA) is 6.48 Å². The van der Waals surface area contributed by atoms with Crippen molar-refractivity contribution in [2.24, 2.45) is 17.8 Å². The minimum Gasteiger partial charge on any atom is -0.302 e. The van der Waals surface area contributed by atoms with E-state index >= 15 is 0 Å². The molecule has 2 saturated heterocycles. The predicted octanol–water partition coefficient (Wildman–Crippen LogP) is 3.80. The Morgan fingerprint density at radius 3 is 2.50 bits per heavy atom. The van der Waals surface area contributed by atoms with Crippen molar-refractivity contribution in [3.05, 3.63) is 35.9 Å². The van der Waals surface area contributed by atoms with E-state index in [0.717, 1.165) is 17.8 Å². The van der Waals surface area contributed by atoms with Crippen molar-refractivity contribution in [2.45, 2.75) is 38.1 Å². The summed E-state index contributed by atoms with van der Waals surface area (Å²) in [5, 5.41) is 0. The molecule has 2 nitrogen and oxygen atoms in total. The van der Waals surface area contributed by atoms with Crippen LogP contribution in [0, 0.1) is 17.8 Å². The molecule has 0 bridgehead atoms. The van der Waals surface area contributed by atoms with E-state index in [0.29, 0.717) is 6.04 Å². The molecule has 3 aliphatic rings. The van der Waals surface area contributed by atoms with Crippen LogP contribution in [0.5, 0.6) is 0 Å². The third kappa shape index (κ3) is 2.83. The molecule has 0 unspecified atom stereocenters. The fraction of sp³-hybridized carbons (Fsp3) is 0.700. The summed E-state index contributed by atoms with van der Waals surface area (Å²) in [5.74, 6) is 2.72. The molecule has 0 spiro atoms. The summed E-state index contributed by atoms with van der Waals surface area (Å²) >= 11 is 0. The molecule has 0 aromatic heterocycles. The molecule has 22 heavy (non-hydrogen) atoms. The monoisotopic (exact) mass is 298 g/mol. The Labute approximate surface area is 135 Å². The van der Waals surface area contributed by atoms with Gasteiger partial charge in [-0.05, 0) is 43.2 Å². The fourth-order valence-corrected chi connectivity index (χ4v) is 5.39. The van der Waals surface area contributed by atoms with E-state index in [9.17, 15) is 0 Å². The van der Waals surface area contributed by atoms with Crippen LogP contribution in [0.1, 0.15) is 43.7 Å². The first-order valence-corrected chi connectivity index (χ1v) is 9.29. The normalized spacial score (nSPS) is 34.1. The zero-order valence-corrected chi connectivity index (χ0v) is 14.0. The van der Waals surface area contributed by atoms with Crippen molar-refractivity contribution in [1.29, 1.82) is 0 Å². The van der Waals surface area contributed by atoms with Crippen molar-refractivity contribution < 1.29 is 0 Å². The van der Waals surface area contributed by atoms with Crippen LogP contribution in [-0.2, 0) is 0 Å². The van der Waals surface area contributed by atoms with Gasteiger partial charge in [0.25, 0.3) is 0 Å². The van der Waals surface area contributed by atoms with Gasteiger partial charge >= 0.3 is 0 Å². The maximum atomic E-state index is 2.80. The summed E-state index contributed by atoms with van der Waals surface area (Å²) in [6.45, 7) is 5.32. The van der Waals surface area contributed by atoms with Crippen LogP contribution in [0.4, 0.5) is 0 Å². The molecule has 2 heterocycles. The Bertz CT molecular complexity index is 480. The van der Waals surface area contributed by atoms with Crippen molar-refractivity contribution in [2.75, 3.05) is 33.2 Å². The quantitative estimate of drug-likeness (QED) is 0.837. The second-order valence-electron chi connectivity index (χ2n) is 7.94. The maximum absolute atomic E-state index is 2.80. The van der Waals surface area contributed by atoms with Crippen molar-refractivity contribution >= 4 is 0 Å². The molecule has 1 aliphatic carbocycles. The van der Waals surface area contributed by atoms with E-state index in [1.165, 1.54) is 63.8 Å². The first-order chi connectivity index (χ1) is 10.8. The van der Waals surface area contributed by atoms with Crippen LogP contribution in [0.2, 0.25) is 0 Å². The Morgan fingerprint density at radius 2 is 1.73 bits per heavy atom. The van der Waals surface area contributed by atoms with E-state index in [1.807, 2.05) is 0 Å². The summed E-state index contributed by atoms with van der Waals surface area (Å²) in [5.41, 5.74) is 1.53. The van der Waals surface area contributed by atoms with Gasteiger partial charge in [0, 0.05) is 32.2 Å². The highest BCUT2D eigenvalue weighted by atomic mass is 15.2. The van der Waals surface area contributed by atoms with Gasteiger partial charge in [-0.15, -0.1) is 0 Å². The largest absolute Gasteiger partial charge is 0.302 e. The molecule has 2 heteroatoms. The Morgan fingerprint density at radius 1 is 0.955 bits per heavy atom. The van der Waals surface area contributed by atoms with Crippen LogP contribution in [0.25, 0.3) is 0 Å². The molecule has 1 saturated carbocycles. The third-order valence-electron chi connectivity index (χ3n) is 6.35.